The zero-order chi connectivity index (χ0) is 13.3. The number of sulfonamides is 1. The summed E-state index contributed by atoms with van der Waals surface area (Å²) < 4.78 is 27.5. The van der Waals surface area contributed by atoms with Crippen LogP contribution in [-0.4, -0.2) is 15.0 Å². The summed E-state index contributed by atoms with van der Waals surface area (Å²) in [5, 5.41) is 0. The first-order valence-corrected chi connectivity index (χ1v) is 8.22. The van der Waals surface area contributed by atoms with Crippen molar-refractivity contribution in [3.63, 3.8) is 0 Å². The Balaban J connectivity index is 2.07. The zero-order valence-corrected chi connectivity index (χ0v) is 12.6. The summed E-state index contributed by atoms with van der Waals surface area (Å²) in [5.41, 5.74) is 6.12. The van der Waals surface area contributed by atoms with E-state index < -0.39 is 10.0 Å². The molecule has 1 aliphatic carbocycles. The van der Waals surface area contributed by atoms with Crippen LogP contribution in [0, 0.1) is 11.8 Å². The molecule has 1 aromatic carbocycles. The Morgan fingerprint density at radius 1 is 1.50 bits per heavy atom. The van der Waals surface area contributed by atoms with Gasteiger partial charge >= 0.3 is 0 Å². The molecule has 100 valence electrons. The minimum absolute atomic E-state index is 0.214. The van der Waals surface area contributed by atoms with Crippen LogP contribution in [0.3, 0.4) is 0 Å². The molecule has 4 nitrogen and oxygen atoms in total. The lowest BCUT2D eigenvalue weighted by molar-refractivity contribution is 0.492. The van der Waals surface area contributed by atoms with Crippen LogP contribution in [0.25, 0.3) is 0 Å². The molecule has 0 saturated heterocycles. The second-order valence-electron chi connectivity index (χ2n) is 4.85. The number of nitrogen functional groups attached to an aromatic ring is 1. The molecule has 0 spiro atoms. The molecule has 1 saturated carbocycles. The van der Waals surface area contributed by atoms with Crippen molar-refractivity contribution in [2.75, 3.05) is 12.3 Å². The maximum Gasteiger partial charge on any atom is 0.240 e. The predicted octanol–water partition coefficient (Wildman–Crippen LogP) is 2.36. The Labute approximate surface area is 116 Å². The van der Waals surface area contributed by atoms with E-state index in [0.717, 1.165) is 0 Å². The predicted molar refractivity (Wildman–Crippen MR) is 75.6 cm³/mol. The van der Waals surface area contributed by atoms with Crippen molar-refractivity contribution >= 4 is 31.6 Å². The van der Waals surface area contributed by atoms with Crippen molar-refractivity contribution in [1.82, 2.24) is 4.72 Å². The van der Waals surface area contributed by atoms with Crippen LogP contribution in [0.15, 0.2) is 27.6 Å². The monoisotopic (exact) mass is 332 g/mol. The van der Waals surface area contributed by atoms with E-state index in [1.165, 1.54) is 18.9 Å². The van der Waals surface area contributed by atoms with Crippen molar-refractivity contribution in [3.8, 4) is 0 Å². The Morgan fingerprint density at radius 3 is 2.72 bits per heavy atom. The number of rotatable bonds is 5. The Hall–Kier alpha value is -0.590. The molecule has 0 aliphatic heterocycles. The summed E-state index contributed by atoms with van der Waals surface area (Å²) in [6.07, 6.45) is 2.43. The van der Waals surface area contributed by atoms with E-state index in [4.69, 9.17) is 5.73 Å². The molecule has 1 unspecified atom stereocenters. The van der Waals surface area contributed by atoms with Crippen LogP contribution >= 0.6 is 15.9 Å². The second kappa shape index (κ2) is 5.19. The van der Waals surface area contributed by atoms with Crippen molar-refractivity contribution in [3.05, 3.63) is 22.7 Å². The number of nitrogens with one attached hydrogen (secondary N) is 1. The van der Waals surface area contributed by atoms with Gasteiger partial charge in [-0.25, -0.2) is 13.1 Å². The number of hydrogen-bond acceptors (Lipinski definition) is 3. The van der Waals surface area contributed by atoms with Crippen molar-refractivity contribution in [1.29, 1.82) is 0 Å². The molecule has 1 aromatic rings. The summed E-state index contributed by atoms with van der Waals surface area (Å²) in [6.45, 7) is 2.57. The van der Waals surface area contributed by atoms with Gasteiger partial charge in [0.05, 0.1) is 4.90 Å². The smallest absolute Gasteiger partial charge is 0.240 e. The Morgan fingerprint density at radius 2 is 2.17 bits per heavy atom. The van der Waals surface area contributed by atoms with E-state index in [2.05, 4.69) is 27.6 Å². The van der Waals surface area contributed by atoms with Crippen molar-refractivity contribution < 1.29 is 8.42 Å². The molecule has 0 radical (unpaired) electrons. The van der Waals surface area contributed by atoms with Gasteiger partial charge in [-0.1, -0.05) is 6.92 Å². The summed E-state index contributed by atoms with van der Waals surface area (Å²) in [4.78, 5) is 0.214. The van der Waals surface area contributed by atoms with Gasteiger partial charge in [-0.2, -0.15) is 0 Å². The first-order valence-electron chi connectivity index (χ1n) is 5.95. The van der Waals surface area contributed by atoms with E-state index in [-0.39, 0.29) is 4.90 Å². The lowest BCUT2D eigenvalue weighted by Gasteiger charge is -2.12. The van der Waals surface area contributed by atoms with E-state index in [9.17, 15) is 8.42 Å². The molecule has 0 bridgehead atoms. The minimum Gasteiger partial charge on any atom is -0.398 e. The Bertz CT molecular complexity index is 541. The zero-order valence-electron chi connectivity index (χ0n) is 10.2. The number of benzene rings is 1. The Kier molecular flexibility index (Phi) is 3.99. The van der Waals surface area contributed by atoms with Crippen LogP contribution in [0.2, 0.25) is 0 Å². The molecule has 6 heteroatoms. The van der Waals surface area contributed by atoms with Crippen LogP contribution < -0.4 is 10.5 Å². The molecular weight excluding hydrogens is 316 g/mol. The van der Waals surface area contributed by atoms with Gasteiger partial charge in [0.2, 0.25) is 10.0 Å². The van der Waals surface area contributed by atoms with Crippen molar-refractivity contribution in [2.45, 2.75) is 24.7 Å². The highest BCUT2D eigenvalue weighted by Gasteiger charge is 2.28. The molecule has 1 aliphatic rings. The van der Waals surface area contributed by atoms with Crippen molar-refractivity contribution in [2.24, 2.45) is 11.8 Å². The molecule has 18 heavy (non-hydrogen) atoms. The van der Waals surface area contributed by atoms with Crippen LogP contribution in [-0.2, 0) is 10.0 Å². The number of hydrogen-bond donors (Lipinski definition) is 2. The van der Waals surface area contributed by atoms with Gasteiger partial charge in [-0.3, -0.25) is 0 Å². The van der Waals surface area contributed by atoms with Crippen LogP contribution in [0.1, 0.15) is 19.8 Å². The highest BCUT2D eigenvalue weighted by atomic mass is 79.9. The van der Waals surface area contributed by atoms with E-state index in [1.54, 1.807) is 12.1 Å². The summed E-state index contributed by atoms with van der Waals surface area (Å²) in [6, 6.07) is 4.66. The van der Waals surface area contributed by atoms with E-state index in [1.807, 2.05) is 0 Å². The molecule has 0 aromatic heterocycles. The summed E-state index contributed by atoms with van der Waals surface area (Å²) in [5.74, 6) is 1.08. The minimum atomic E-state index is -3.45. The average molecular weight is 333 g/mol. The third-order valence-electron chi connectivity index (χ3n) is 3.30. The number of nitrogens with two attached hydrogens (primary N) is 1. The topological polar surface area (TPSA) is 72.2 Å². The molecule has 1 fully saturated rings. The highest BCUT2D eigenvalue weighted by molar-refractivity contribution is 9.10. The highest BCUT2D eigenvalue weighted by Crippen LogP contribution is 2.36. The van der Waals surface area contributed by atoms with Crippen LogP contribution in [0.5, 0.6) is 0 Å². The lowest BCUT2D eigenvalue weighted by atomic mass is 10.1. The number of halogens is 1. The molecule has 0 heterocycles. The second-order valence-corrected chi connectivity index (χ2v) is 7.47. The molecule has 1 atom stereocenters. The molecule has 0 amide bonds. The molecule has 2 rings (SSSR count). The molecule has 3 N–H and O–H groups in total. The van der Waals surface area contributed by atoms with Gasteiger partial charge in [0.25, 0.3) is 0 Å². The van der Waals surface area contributed by atoms with E-state index >= 15 is 0 Å². The fourth-order valence-corrected chi connectivity index (χ4v) is 3.27. The molecular formula is C12H17BrN2O2S. The third kappa shape index (κ3) is 3.24. The van der Waals surface area contributed by atoms with Gasteiger partial charge in [-0.15, -0.1) is 0 Å². The van der Waals surface area contributed by atoms with Crippen LogP contribution in [0.4, 0.5) is 5.69 Å². The quantitative estimate of drug-likeness (QED) is 0.813. The lowest BCUT2D eigenvalue weighted by Crippen LogP contribution is -2.29. The standard InChI is InChI=1S/C12H17BrN2O2S/c1-8(9-2-3-9)7-15-18(16,17)10-4-5-11(13)12(14)6-10/h4-6,8-9,15H,2-3,7,14H2,1H3. The van der Waals surface area contributed by atoms with Gasteiger partial charge < -0.3 is 5.73 Å². The first kappa shape index (κ1) is 13.8. The first-order chi connectivity index (χ1) is 8.40. The van der Waals surface area contributed by atoms with Gasteiger partial charge in [0.1, 0.15) is 0 Å². The fraction of sp³-hybridized carbons (Fsp3) is 0.500. The maximum absolute atomic E-state index is 12.1. The van der Waals surface area contributed by atoms with Gasteiger partial charge in [0.15, 0.2) is 0 Å². The average Bonchev–Trinajstić information content (AvgIpc) is 3.13. The largest absolute Gasteiger partial charge is 0.398 e. The normalized spacial score (nSPS) is 17.7. The van der Waals surface area contributed by atoms with E-state index in [0.29, 0.717) is 28.5 Å². The maximum atomic E-state index is 12.1. The number of anilines is 1. The SMILES string of the molecule is CC(CNS(=O)(=O)c1ccc(Br)c(N)c1)C1CC1. The summed E-state index contributed by atoms with van der Waals surface area (Å²) in [7, 11) is -3.45. The third-order valence-corrected chi connectivity index (χ3v) is 5.44. The summed E-state index contributed by atoms with van der Waals surface area (Å²) >= 11 is 3.25. The van der Waals surface area contributed by atoms with Gasteiger partial charge in [0, 0.05) is 16.7 Å². The fourth-order valence-electron chi connectivity index (χ4n) is 1.85. The van der Waals surface area contributed by atoms with Gasteiger partial charge in [-0.05, 0) is 58.8 Å².